The molecule has 0 amide bonds. The lowest BCUT2D eigenvalue weighted by atomic mass is 10.1. The van der Waals surface area contributed by atoms with Gasteiger partial charge in [0.2, 0.25) is 0 Å². The Bertz CT molecular complexity index is 781. The smallest absolute Gasteiger partial charge is 0.191 e. The maximum atomic E-state index is 10.0. The third-order valence-corrected chi connectivity index (χ3v) is 3.98. The zero-order valence-corrected chi connectivity index (χ0v) is 18.6. The van der Waals surface area contributed by atoms with Gasteiger partial charge >= 0.3 is 0 Å². The molecule has 0 saturated carbocycles. The van der Waals surface area contributed by atoms with Crippen LogP contribution >= 0.6 is 24.0 Å². The topological polar surface area (TPSA) is 75.1 Å². The number of aliphatic imine (C=N–C) groups is 1. The largest absolute Gasteiger partial charge is 0.508 e. The van der Waals surface area contributed by atoms with Crippen LogP contribution in [0.2, 0.25) is 0 Å². The molecule has 0 radical (unpaired) electrons. The van der Waals surface area contributed by atoms with Crippen LogP contribution in [0.25, 0.3) is 0 Å². The Kier molecular flexibility index (Phi) is 10.9. The van der Waals surface area contributed by atoms with Gasteiger partial charge in [-0.2, -0.15) is 0 Å². The number of ether oxygens (including phenoxy) is 2. The first kappa shape index (κ1) is 23.6. The van der Waals surface area contributed by atoms with Gasteiger partial charge in [-0.05, 0) is 24.1 Å². The lowest BCUT2D eigenvalue weighted by molar-refractivity contribution is 0.358. The molecule has 0 fully saturated rings. The fourth-order valence-corrected chi connectivity index (χ4v) is 2.54. The number of nitrogens with one attached hydrogen (secondary N) is 2. The maximum Gasteiger partial charge on any atom is 0.191 e. The van der Waals surface area contributed by atoms with Gasteiger partial charge in [-0.1, -0.05) is 36.9 Å². The minimum atomic E-state index is 0. The normalized spacial score (nSPS) is 10.6. The number of hydrogen-bond acceptors (Lipinski definition) is 4. The van der Waals surface area contributed by atoms with Crippen LogP contribution in [0.15, 0.2) is 60.1 Å². The van der Waals surface area contributed by atoms with E-state index in [-0.39, 0.29) is 29.7 Å². The maximum absolute atomic E-state index is 10.0. The van der Waals surface area contributed by atoms with Crippen LogP contribution in [0.4, 0.5) is 0 Å². The van der Waals surface area contributed by atoms with E-state index in [1.165, 1.54) is 0 Å². The quantitative estimate of drug-likeness (QED) is 0.214. The van der Waals surface area contributed by atoms with Crippen LogP contribution in [0.5, 0.6) is 17.2 Å². The molecular formula is C21H28IN3O3. The first-order valence-corrected chi connectivity index (χ1v) is 8.80. The summed E-state index contributed by atoms with van der Waals surface area (Å²) in [7, 11) is 3.30. The molecule has 28 heavy (non-hydrogen) atoms. The Balaban J connectivity index is 0.00000392. The average Bonchev–Trinajstić information content (AvgIpc) is 2.70. The van der Waals surface area contributed by atoms with Crippen LogP contribution in [-0.4, -0.2) is 38.4 Å². The third-order valence-electron chi connectivity index (χ3n) is 3.98. The standard InChI is InChI=1S/C21H27N3O3.HI/c1-4-13-27-20-8-6-5-7-17(20)15-24-21(22-2)23-12-11-16-9-10-18(26-3)14-19(16)25;/h4-10,14,25H,1,11-13,15H2,2-3H3,(H2,22,23,24);1H. The number of halogens is 1. The zero-order chi connectivity index (χ0) is 19.5. The van der Waals surface area contributed by atoms with Crippen molar-refractivity contribution in [3.05, 3.63) is 66.2 Å². The molecule has 0 heterocycles. The zero-order valence-electron chi connectivity index (χ0n) is 16.3. The lowest BCUT2D eigenvalue weighted by Crippen LogP contribution is -2.37. The van der Waals surface area contributed by atoms with Crippen molar-refractivity contribution in [1.29, 1.82) is 0 Å². The summed E-state index contributed by atoms with van der Waals surface area (Å²) in [6, 6.07) is 13.2. The fourth-order valence-electron chi connectivity index (χ4n) is 2.54. The summed E-state index contributed by atoms with van der Waals surface area (Å²) in [4.78, 5) is 4.23. The molecule has 2 aromatic carbocycles. The fraction of sp³-hybridized carbons (Fsp3) is 0.286. The predicted octanol–water partition coefficient (Wildman–Crippen LogP) is 3.49. The van der Waals surface area contributed by atoms with Crippen LogP contribution < -0.4 is 20.1 Å². The molecule has 2 aromatic rings. The summed E-state index contributed by atoms with van der Waals surface area (Å²) in [6.45, 7) is 5.36. The molecule has 0 atom stereocenters. The van der Waals surface area contributed by atoms with Crippen LogP contribution in [-0.2, 0) is 13.0 Å². The average molecular weight is 497 g/mol. The first-order chi connectivity index (χ1) is 13.2. The van der Waals surface area contributed by atoms with Crippen molar-refractivity contribution >= 4 is 29.9 Å². The Morgan fingerprint density at radius 3 is 2.64 bits per heavy atom. The van der Waals surface area contributed by atoms with Gasteiger partial charge in [-0.3, -0.25) is 4.99 Å². The van der Waals surface area contributed by atoms with Gasteiger partial charge in [0.1, 0.15) is 23.9 Å². The van der Waals surface area contributed by atoms with E-state index in [1.807, 2.05) is 36.4 Å². The van der Waals surface area contributed by atoms with E-state index in [2.05, 4.69) is 22.2 Å². The third kappa shape index (κ3) is 7.30. The Labute approximate surface area is 183 Å². The van der Waals surface area contributed by atoms with Crippen molar-refractivity contribution in [2.24, 2.45) is 4.99 Å². The predicted molar refractivity (Wildman–Crippen MR) is 124 cm³/mol. The highest BCUT2D eigenvalue weighted by Crippen LogP contribution is 2.23. The van der Waals surface area contributed by atoms with E-state index < -0.39 is 0 Å². The molecule has 3 N–H and O–H groups in total. The van der Waals surface area contributed by atoms with Crippen molar-refractivity contribution in [2.75, 3.05) is 27.3 Å². The first-order valence-electron chi connectivity index (χ1n) is 8.80. The van der Waals surface area contributed by atoms with Gasteiger partial charge in [0.25, 0.3) is 0 Å². The second-order valence-corrected chi connectivity index (χ2v) is 5.80. The summed E-state index contributed by atoms with van der Waals surface area (Å²) < 4.78 is 10.8. The molecule has 0 aliphatic heterocycles. The van der Waals surface area contributed by atoms with Gasteiger partial charge < -0.3 is 25.2 Å². The number of benzene rings is 2. The molecule has 0 aromatic heterocycles. The molecule has 2 rings (SSSR count). The van der Waals surface area contributed by atoms with E-state index in [1.54, 1.807) is 26.3 Å². The number of para-hydroxylation sites is 1. The second kappa shape index (κ2) is 12.9. The Morgan fingerprint density at radius 2 is 1.96 bits per heavy atom. The summed E-state index contributed by atoms with van der Waals surface area (Å²) in [5.74, 6) is 2.37. The monoisotopic (exact) mass is 497 g/mol. The van der Waals surface area contributed by atoms with Crippen molar-refractivity contribution in [2.45, 2.75) is 13.0 Å². The molecule has 0 saturated heterocycles. The number of phenolic OH excluding ortho intramolecular Hbond substituents is 1. The van der Waals surface area contributed by atoms with Gasteiger partial charge in [0.05, 0.1) is 7.11 Å². The van der Waals surface area contributed by atoms with Crippen LogP contribution in [0.1, 0.15) is 11.1 Å². The minimum absolute atomic E-state index is 0. The molecule has 0 aliphatic carbocycles. The number of methoxy groups -OCH3 is 1. The molecule has 0 spiro atoms. The van der Waals surface area contributed by atoms with Gasteiger partial charge in [0.15, 0.2) is 5.96 Å². The molecule has 6 nitrogen and oxygen atoms in total. The second-order valence-electron chi connectivity index (χ2n) is 5.80. The van der Waals surface area contributed by atoms with E-state index in [0.717, 1.165) is 16.9 Å². The number of nitrogens with zero attached hydrogens (tertiary/aromatic N) is 1. The van der Waals surface area contributed by atoms with Gasteiger partial charge in [-0.15, -0.1) is 24.0 Å². The van der Waals surface area contributed by atoms with E-state index in [4.69, 9.17) is 9.47 Å². The molecule has 0 aliphatic rings. The highest BCUT2D eigenvalue weighted by molar-refractivity contribution is 14.0. The van der Waals surface area contributed by atoms with Crippen molar-refractivity contribution in [1.82, 2.24) is 10.6 Å². The van der Waals surface area contributed by atoms with Crippen molar-refractivity contribution in [3.8, 4) is 17.2 Å². The summed E-state index contributed by atoms with van der Waals surface area (Å²) in [5, 5.41) is 16.5. The SMILES string of the molecule is C=CCOc1ccccc1CNC(=NC)NCCc1ccc(OC)cc1O.I. The van der Waals surface area contributed by atoms with Crippen molar-refractivity contribution < 1.29 is 14.6 Å². The minimum Gasteiger partial charge on any atom is -0.508 e. The lowest BCUT2D eigenvalue weighted by Gasteiger charge is -2.14. The van der Waals surface area contributed by atoms with E-state index >= 15 is 0 Å². The highest BCUT2D eigenvalue weighted by atomic mass is 127. The molecular weight excluding hydrogens is 469 g/mol. The van der Waals surface area contributed by atoms with E-state index in [9.17, 15) is 5.11 Å². The molecule has 0 bridgehead atoms. The van der Waals surface area contributed by atoms with Gasteiger partial charge in [-0.25, -0.2) is 0 Å². The summed E-state index contributed by atoms with van der Waals surface area (Å²) >= 11 is 0. The number of rotatable bonds is 9. The van der Waals surface area contributed by atoms with Gasteiger partial charge in [0, 0.05) is 31.8 Å². The molecule has 7 heteroatoms. The highest BCUT2D eigenvalue weighted by Gasteiger charge is 2.06. The number of guanidine groups is 1. The van der Waals surface area contributed by atoms with Crippen LogP contribution in [0, 0.1) is 0 Å². The Morgan fingerprint density at radius 1 is 1.18 bits per heavy atom. The number of aromatic hydroxyl groups is 1. The molecule has 0 unspecified atom stereocenters. The Hall–Kier alpha value is -2.42. The van der Waals surface area contributed by atoms with Crippen LogP contribution in [0.3, 0.4) is 0 Å². The van der Waals surface area contributed by atoms with Crippen molar-refractivity contribution in [3.63, 3.8) is 0 Å². The summed E-state index contributed by atoms with van der Waals surface area (Å²) in [6.07, 6.45) is 2.38. The molecule has 152 valence electrons. The number of phenols is 1. The summed E-state index contributed by atoms with van der Waals surface area (Å²) in [5.41, 5.74) is 1.89. The van der Waals surface area contributed by atoms with E-state index in [0.29, 0.717) is 37.8 Å². The number of hydrogen-bond donors (Lipinski definition) is 3.